The van der Waals surface area contributed by atoms with Crippen LogP contribution in [0.4, 0.5) is 0 Å². The summed E-state index contributed by atoms with van der Waals surface area (Å²) in [4.78, 5) is 23.3. The first-order valence-electron chi connectivity index (χ1n) is 9.96. The Morgan fingerprint density at radius 3 is 2.59 bits per heavy atom. The molecule has 0 aromatic carbocycles. The van der Waals surface area contributed by atoms with E-state index in [0.717, 1.165) is 38.5 Å². The molecular formula is C21H34O6. The fraction of sp³-hybridized carbons (Fsp3) is 0.714. The summed E-state index contributed by atoms with van der Waals surface area (Å²) in [5, 5.41) is 30.1. The molecule has 0 aliphatic heterocycles. The van der Waals surface area contributed by atoms with Gasteiger partial charge in [-0.05, 0) is 25.7 Å². The fourth-order valence-electron chi connectivity index (χ4n) is 3.22. The van der Waals surface area contributed by atoms with Crippen molar-refractivity contribution in [3.63, 3.8) is 0 Å². The SMILES string of the molecule is CCCCC[C@H](O)/C=C/[C@@H]1/C(=C\CCCCCC(=O)OC)C(=O)[C@@H](O)[C@H]1O. The van der Waals surface area contributed by atoms with Crippen LogP contribution in [-0.4, -0.2) is 52.5 Å². The van der Waals surface area contributed by atoms with E-state index in [9.17, 15) is 24.9 Å². The summed E-state index contributed by atoms with van der Waals surface area (Å²) in [5.41, 5.74) is 0.403. The van der Waals surface area contributed by atoms with Crippen LogP contribution < -0.4 is 0 Å². The third-order valence-corrected chi connectivity index (χ3v) is 4.92. The van der Waals surface area contributed by atoms with E-state index in [-0.39, 0.29) is 5.97 Å². The smallest absolute Gasteiger partial charge is 0.305 e. The Balaban J connectivity index is 2.57. The molecule has 3 N–H and O–H groups in total. The van der Waals surface area contributed by atoms with Crippen LogP contribution in [0.25, 0.3) is 0 Å². The number of allylic oxidation sites excluding steroid dienone is 1. The highest BCUT2D eigenvalue weighted by molar-refractivity contribution is 6.02. The number of hydrogen-bond donors (Lipinski definition) is 3. The molecule has 4 atom stereocenters. The molecule has 0 unspecified atom stereocenters. The Morgan fingerprint density at radius 1 is 1.19 bits per heavy atom. The maximum Gasteiger partial charge on any atom is 0.305 e. The van der Waals surface area contributed by atoms with Gasteiger partial charge in [-0.25, -0.2) is 0 Å². The topological polar surface area (TPSA) is 104 Å². The molecule has 0 aromatic rings. The van der Waals surface area contributed by atoms with E-state index in [1.54, 1.807) is 18.2 Å². The van der Waals surface area contributed by atoms with Gasteiger partial charge < -0.3 is 20.1 Å². The summed E-state index contributed by atoms with van der Waals surface area (Å²) in [5.74, 6) is -1.27. The van der Waals surface area contributed by atoms with E-state index >= 15 is 0 Å². The number of Topliss-reactive ketones (excluding diaryl/α,β-unsaturated/α-hetero) is 1. The molecule has 1 rings (SSSR count). The normalized spacial score (nSPS) is 25.4. The molecule has 0 amide bonds. The van der Waals surface area contributed by atoms with Crippen molar-refractivity contribution < 1.29 is 29.6 Å². The maximum absolute atomic E-state index is 12.2. The lowest BCUT2D eigenvalue weighted by molar-refractivity contribution is -0.140. The van der Waals surface area contributed by atoms with Crippen LogP contribution in [0.3, 0.4) is 0 Å². The number of aliphatic hydroxyl groups is 3. The number of hydrogen-bond acceptors (Lipinski definition) is 6. The van der Waals surface area contributed by atoms with Gasteiger partial charge in [0, 0.05) is 17.9 Å². The molecule has 0 spiro atoms. The van der Waals surface area contributed by atoms with Gasteiger partial charge in [0.2, 0.25) is 0 Å². The predicted molar refractivity (Wildman–Crippen MR) is 103 cm³/mol. The monoisotopic (exact) mass is 382 g/mol. The second kappa shape index (κ2) is 12.8. The fourth-order valence-corrected chi connectivity index (χ4v) is 3.22. The number of carbonyl (C=O) groups is 2. The second-order valence-electron chi connectivity index (χ2n) is 7.11. The van der Waals surface area contributed by atoms with Crippen molar-refractivity contribution in [2.24, 2.45) is 5.92 Å². The molecule has 27 heavy (non-hydrogen) atoms. The molecule has 154 valence electrons. The van der Waals surface area contributed by atoms with Gasteiger partial charge in [0.05, 0.1) is 19.3 Å². The van der Waals surface area contributed by atoms with Crippen molar-refractivity contribution in [2.75, 3.05) is 7.11 Å². The average Bonchev–Trinajstić information content (AvgIpc) is 2.86. The van der Waals surface area contributed by atoms with Crippen molar-refractivity contribution in [2.45, 2.75) is 83.0 Å². The van der Waals surface area contributed by atoms with E-state index in [0.29, 0.717) is 24.8 Å². The average molecular weight is 382 g/mol. The van der Waals surface area contributed by atoms with Crippen molar-refractivity contribution in [1.29, 1.82) is 0 Å². The van der Waals surface area contributed by atoms with Crippen LogP contribution in [0.5, 0.6) is 0 Å². The lowest BCUT2D eigenvalue weighted by atomic mass is 9.97. The predicted octanol–water partition coefficient (Wildman–Crippen LogP) is 2.45. The lowest BCUT2D eigenvalue weighted by Gasteiger charge is -2.13. The van der Waals surface area contributed by atoms with Crippen molar-refractivity contribution >= 4 is 11.8 Å². The Bertz CT molecular complexity index is 525. The maximum atomic E-state index is 12.2. The van der Waals surface area contributed by atoms with Gasteiger partial charge in [-0.15, -0.1) is 0 Å². The summed E-state index contributed by atoms with van der Waals surface area (Å²) >= 11 is 0. The molecule has 6 nitrogen and oxygen atoms in total. The van der Waals surface area contributed by atoms with Crippen LogP contribution in [0.15, 0.2) is 23.8 Å². The van der Waals surface area contributed by atoms with Gasteiger partial charge in [0.25, 0.3) is 0 Å². The highest BCUT2D eigenvalue weighted by Gasteiger charge is 2.43. The van der Waals surface area contributed by atoms with Crippen molar-refractivity contribution in [3.05, 3.63) is 23.8 Å². The molecule has 0 saturated heterocycles. The van der Waals surface area contributed by atoms with Crippen LogP contribution in [-0.2, 0) is 14.3 Å². The molecule has 1 aliphatic carbocycles. The number of ether oxygens (including phenoxy) is 1. The van der Waals surface area contributed by atoms with Crippen molar-refractivity contribution in [1.82, 2.24) is 0 Å². The van der Waals surface area contributed by atoms with E-state index in [1.165, 1.54) is 7.11 Å². The van der Waals surface area contributed by atoms with Crippen molar-refractivity contribution in [3.8, 4) is 0 Å². The molecule has 0 radical (unpaired) electrons. The van der Waals surface area contributed by atoms with Gasteiger partial charge in [-0.2, -0.15) is 0 Å². The highest BCUT2D eigenvalue weighted by atomic mass is 16.5. The van der Waals surface area contributed by atoms with Gasteiger partial charge in [0.1, 0.15) is 6.10 Å². The first-order valence-corrected chi connectivity index (χ1v) is 9.96. The molecule has 0 aromatic heterocycles. The third-order valence-electron chi connectivity index (χ3n) is 4.92. The van der Waals surface area contributed by atoms with Crippen LogP contribution in [0, 0.1) is 5.92 Å². The summed E-state index contributed by atoms with van der Waals surface area (Å²) < 4.78 is 4.59. The molecule has 1 aliphatic rings. The quantitative estimate of drug-likeness (QED) is 0.207. The molecule has 0 heterocycles. The van der Waals surface area contributed by atoms with E-state index < -0.39 is 30.0 Å². The number of esters is 1. The van der Waals surface area contributed by atoms with E-state index in [1.807, 2.05) is 0 Å². The zero-order valence-electron chi connectivity index (χ0n) is 16.5. The zero-order chi connectivity index (χ0) is 20.2. The van der Waals surface area contributed by atoms with Crippen LogP contribution in [0.2, 0.25) is 0 Å². The first kappa shape index (κ1) is 23.5. The second-order valence-corrected chi connectivity index (χ2v) is 7.11. The van der Waals surface area contributed by atoms with E-state index in [2.05, 4.69) is 11.7 Å². The Hall–Kier alpha value is -1.50. The molecule has 1 fully saturated rings. The summed E-state index contributed by atoms with van der Waals surface area (Å²) in [7, 11) is 1.36. The highest BCUT2D eigenvalue weighted by Crippen LogP contribution is 2.31. The Kier molecular flexibility index (Phi) is 11.2. The third kappa shape index (κ3) is 7.95. The molecular weight excluding hydrogens is 348 g/mol. The lowest BCUT2D eigenvalue weighted by Crippen LogP contribution is -2.27. The Morgan fingerprint density at radius 2 is 1.93 bits per heavy atom. The molecule has 6 heteroatoms. The minimum Gasteiger partial charge on any atom is -0.469 e. The largest absolute Gasteiger partial charge is 0.469 e. The number of carbonyl (C=O) groups excluding carboxylic acids is 2. The number of methoxy groups -OCH3 is 1. The number of rotatable bonds is 12. The first-order chi connectivity index (χ1) is 12.9. The molecule has 0 bridgehead atoms. The number of unbranched alkanes of at least 4 members (excludes halogenated alkanes) is 5. The minimum absolute atomic E-state index is 0.228. The van der Waals surface area contributed by atoms with Gasteiger partial charge in [0.15, 0.2) is 5.78 Å². The minimum atomic E-state index is -1.41. The Labute approximate surface area is 161 Å². The molecule has 1 saturated carbocycles. The zero-order valence-corrected chi connectivity index (χ0v) is 16.5. The summed E-state index contributed by atoms with van der Waals surface area (Å²) in [6.07, 6.45) is 8.86. The van der Waals surface area contributed by atoms with Gasteiger partial charge >= 0.3 is 5.97 Å². The standard InChI is InChI=1S/C21H34O6/c1-3-4-7-10-15(22)13-14-17-16(19(24)21(26)20(17)25)11-8-5-6-9-12-18(23)27-2/h11,13-15,17,20-22,25-26H,3-10,12H2,1-2H3/b14-13+,16-11+/t15-,17+,20-,21+/m0/s1. The summed E-state index contributed by atoms with van der Waals surface area (Å²) in [6.45, 7) is 2.09. The van der Waals surface area contributed by atoms with E-state index in [4.69, 9.17) is 0 Å². The number of ketones is 1. The number of aliphatic hydroxyl groups excluding tert-OH is 3. The summed E-state index contributed by atoms with van der Waals surface area (Å²) in [6, 6.07) is 0. The van der Waals surface area contributed by atoms with Crippen LogP contribution >= 0.6 is 0 Å². The van der Waals surface area contributed by atoms with Gasteiger partial charge in [-0.3, -0.25) is 9.59 Å². The van der Waals surface area contributed by atoms with Gasteiger partial charge in [-0.1, -0.05) is 50.8 Å². The van der Waals surface area contributed by atoms with Crippen LogP contribution in [0.1, 0.15) is 64.7 Å².